The molecule has 4 N–H and O–H groups in total. The molecule has 0 spiro atoms. The van der Waals surface area contributed by atoms with Crippen LogP contribution in [0.2, 0.25) is 0 Å². The van der Waals surface area contributed by atoms with Crippen LogP contribution in [0.4, 0.5) is 0 Å². The fourth-order valence-electron chi connectivity index (χ4n) is 0.796. The molecule has 12 heavy (non-hydrogen) atoms. The standard InChI is InChI=1S/C6H14N4O2/c1-4(2)3-5(9-10-7)6(11)12-8/h4-5H,3,8H2,1-2H3,(H2,7,9)/t5-/m0/s1. The minimum atomic E-state index is -0.681. The molecule has 6 heteroatoms. The third-order valence-corrected chi connectivity index (χ3v) is 1.29. The summed E-state index contributed by atoms with van der Waals surface area (Å²) in [6, 6.07) is -0.681. The fourth-order valence-corrected chi connectivity index (χ4v) is 0.796. The Balaban J connectivity index is 4.13. The van der Waals surface area contributed by atoms with Gasteiger partial charge in [-0.05, 0) is 12.3 Å². The van der Waals surface area contributed by atoms with E-state index < -0.39 is 12.0 Å². The highest BCUT2D eigenvalue weighted by Gasteiger charge is 2.20. The minimum absolute atomic E-state index is 0.305. The number of carbonyl (C=O) groups excluding carboxylic acids is 1. The topological polar surface area (TPSA) is 103 Å². The van der Waals surface area contributed by atoms with Crippen molar-refractivity contribution >= 4 is 5.97 Å². The van der Waals surface area contributed by atoms with E-state index in [0.29, 0.717) is 12.3 Å². The number of nitrogens with zero attached hydrogens (tertiary/aromatic N) is 2. The zero-order valence-corrected chi connectivity index (χ0v) is 7.23. The van der Waals surface area contributed by atoms with Gasteiger partial charge in [0.25, 0.3) is 0 Å². The summed E-state index contributed by atoms with van der Waals surface area (Å²) in [5.74, 6) is 9.19. The van der Waals surface area contributed by atoms with Gasteiger partial charge in [0.15, 0.2) is 6.04 Å². The zero-order chi connectivity index (χ0) is 9.56. The van der Waals surface area contributed by atoms with E-state index in [2.05, 4.69) is 21.1 Å². The molecule has 0 unspecified atom stereocenters. The van der Waals surface area contributed by atoms with Gasteiger partial charge in [0.05, 0.1) is 0 Å². The van der Waals surface area contributed by atoms with Gasteiger partial charge in [0.2, 0.25) is 0 Å². The average Bonchev–Trinajstić information content (AvgIpc) is 2.01. The van der Waals surface area contributed by atoms with Crippen molar-refractivity contribution in [3.05, 3.63) is 0 Å². The predicted octanol–water partition coefficient (Wildman–Crippen LogP) is 0.144. The highest BCUT2D eigenvalue weighted by atomic mass is 16.7. The molecule has 0 saturated carbocycles. The highest BCUT2D eigenvalue weighted by Crippen LogP contribution is 2.09. The van der Waals surface area contributed by atoms with E-state index in [1.54, 1.807) is 0 Å². The number of carbonyl (C=O) groups is 1. The first-order valence-corrected chi connectivity index (χ1v) is 3.62. The van der Waals surface area contributed by atoms with Crippen molar-refractivity contribution < 1.29 is 9.63 Å². The van der Waals surface area contributed by atoms with Gasteiger partial charge in [-0.15, -0.1) is 0 Å². The van der Waals surface area contributed by atoms with Crippen molar-refractivity contribution in [1.82, 2.24) is 0 Å². The molecule has 0 rings (SSSR count). The van der Waals surface area contributed by atoms with E-state index in [1.165, 1.54) is 0 Å². The van der Waals surface area contributed by atoms with Gasteiger partial charge >= 0.3 is 5.97 Å². The van der Waals surface area contributed by atoms with Gasteiger partial charge in [-0.25, -0.2) is 4.79 Å². The lowest BCUT2D eigenvalue weighted by Gasteiger charge is -2.09. The molecular weight excluding hydrogens is 160 g/mol. The molecule has 0 aliphatic carbocycles. The van der Waals surface area contributed by atoms with Crippen LogP contribution in [-0.2, 0) is 9.63 Å². The summed E-state index contributed by atoms with van der Waals surface area (Å²) in [6.07, 6.45) is 0.525. The Kier molecular flexibility index (Phi) is 4.94. The van der Waals surface area contributed by atoms with Crippen LogP contribution in [0.15, 0.2) is 10.3 Å². The lowest BCUT2D eigenvalue weighted by molar-refractivity contribution is -0.146. The molecule has 0 heterocycles. The summed E-state index contributed by atoms with van der Waals surface area (Å²) in [7, 11) is 0. The number of rotatable bonds is 4. The van der Waals surface area contributed by atoms with Gasteiger partial charge < -0.3 is 10.7 Å². The molecule has 0 aromatic carbocycles. The van der Waals surface area contributed by atoms with Crippen LogP contribution in [0.5, 0.6) is 0 Å². The number of hydrogen-bond acceptors (Lipinski definition) is 5. The predicted molar refractivity (Wildman–Crippen MR) is 42.6 cm³/mol. The minimum Gasteiger partial charge on any atom is -0.372 e. The molecular formula is C6H14N4O2. The molecule has 70 valence electrons. The van der Waals surface area contributed by atoms with Crippen molar-refractivity contribution in [2.75, 3.05) is 0 Å². The zero-order valence-electron chi connectivity index (χ0n) is 7.23. The van der Waals surface area contributed by atoms with Gasteiger partial charge in [-0.2, -0.15) is 11.0 Å². The van der Waals surface area contributed by atoms with Crippen LogP contribution in [0.3, 0.4) is 0 Å². The summed E-state index contributed by atoms with van der Waals surface area (Å²) >= 11 is 0. The van der Waals surface area contributed by atoms with Gasteiger partial charge in [-0.1, -0.05) is 19.1 Å². The fraction of sp³-hybridized carbons (Fsp3) is 0.833. The molecule has 1 atom stereocenters. The monoisotopic (exact) mass is 174 g/mol. The van der Waals surface area contributed by atoms with E-state index in [4.69, 9.17) is 5.84 Å². The largest absolute Gasteiger partial charge is 0.372 e. The summed E-state index contributed by atoms with van der Waals surface area (Å²) in [4.78, 5) is 14.9. The Morgan fingerprint density at radius 1 is 1.58 bits per heavy atom. The molecule has 0 aromatic rings. The highest BCUT2D eigenvalue weighted by molar-refractivity contribution is 5.75. The van der Waals surface area contributed by atoms with Crippen LogP contribution < -0.4 is 11.7 Å². The van der Waals surface area contributed by atoms with Crippen LogP contribution in [-0.4, -0.2) is 12.0 Å². The lowest BCUT2D eigenvalue weighted by atomic mass is 10.1. The van der Waals surface area contributed by atoms with Crippen LogP contribution >= 0.6 is 0 Å². The summed E-state index contributed by atoms with van der Waals surface area (Å²) in [5.41, 5.74) is 0. The molecule has 0 amide bonds. The Morgan fingerprint density at radius 2 is 2.17 bits per heavy atom. The van der Waals surface area contributed by atoms with Crippen molar-refractivity contribution in [1.29, 1.82) is 0 Å². The molecule has 0 radical (unpaired) electrons. The third kappa shape index (κ3) is 3.87. The summed E-state index contributed by atoms with van der Waals surface area (Å²) < 4.78 is 0. The van der Waals surface area contributed by atoms with E-state index in [9.17, 15) is 4.79 Å². The van der Waals surface area contributed by atoms with Gasteiger partial charge in [-0.3, -0.25) is 0 Å². The van der Waals surface area contributed by atoms with Crippen molar-refractivity contribution in [3.8, 4) is 0 Å². The Morgan fingerprint density at radius 3 is 2.50 bits per heavy atom. The van der Waals surface area contributed by atoms with Crippen LogP contribution in [0.25, 0.3) is 0 Å². The second-order valence-electron chi connectivity index (χ2n) is 2.81. The van der Waals surface area contributed by atoms with Crippen LogP contribution in [0, 0.1) is 5.92 Å². The first-order valence-electron chi connectivity index (χ1n) is 3.62. The molecule has 0 bridgehead atoms. The molecule has 6 nitrogen and oxygen atoms in total. The molecule has 0 saturated heterocycles. The molecule has 0 aliphatic rings. The Hall–Kier alpha value is -1.17. The average molecular weight is 174 g/mol. The quantitative estimate of drug-likeness (QED) is 0.359. The van der Waals surface area contributed by atoms with Crippen molar-refractivity contribution in [2.45, 2.75) is 26.3 Å². The molecule has 0 fully saturated rings. The van der Waals surface area contributed by atoms with Gasteiger partial charge in [0.1, 0.15) is 0 Å². The molecule has 0 aliphatic heterocycles. The normalized spacial score (nSPS) is 13.7. The second kappa shape index (κ2) is 5.48. The number of nitrogens with two attached hydrogens (primary N) is 2. The van der Waals surface area contributed by atoms with E-state index in [-0.39, 0.29) is 0 Å². The maximum absolute atomic E-state index is 10.9. The van der Waals surface area contributed by atoms with Crippen molar-refractivity contribution in [2.24, 2.45) is 28.0 Å². The van der Waals surface area contributed by atoms with E-state index >= 15 is 0 Å². The summed E-state index contributed by atoms with van der Waals surface area (Å²) in [6.45, 7) is 3.89. The maximum atomic E-state index is 10.9. The first kappa shape index (κ1) is 10.8. The molecule has 0 aromatic heterocycles. The Labute approximate surface area is 70.9 Å². The summed E-state index contributed by atoms with van der Waals surface area (Å²) in [5, 5.41) is 6.51. The van der Waals surface area contributed by atoms with Crippen molar-refractivity contribution in [3.63, 3.8) is 0 Å². The van der Waals surface area contributed by atoms with Gasteiger partial charge in [0, 0.05) is 0 Å². The van der Waals surface area contributed by atoms with Crippen LogP contribution in [0.1, 0.15) is 20.3 Å². The lowest BCUT2D eigenvalue weighted by Crippen LogP contribution is -2.25. The third-order valence-electron chi connectivity index (χ3n) is 1.29. The Bertz CT molecular complexity index is 169. The smallest absolute Gasteiger partial charge is 0.351 e. The van der Waals surface area contributed by atoms with E-state index in [0.717, 1.165) is 0 Å². The first-order chi connectivity index (χ1) is 5.61. The second-order valence-corrected chi connectivity index (χ2v) is 2.81. The number of hydrogen-bond donors (Lipinski definition) is 2. The maximum Gasteiger partial charge on any atom is 0.351 e. The van der Waals surface area contributed by atoms with E-state index in [1.807, 2.05) is 13.8 Å². The SMILES string of the molecule is CC(C)C[C@H](N=NN)C(=O)ON.